The average molecular weight is 504 g/mol. The molecule has 1 saturated heterocycles. The van der Waals surface area contributed by atoms with Crippen LogP contribution in [-0.2, 0) is 0 Å². The van der Waals surface area contributed by atoms with Crippen LogP contribution in [0.25, 0.3) is 5.69 Å². The highest BCUT2D eigenvalue weighted by molar-refractivity contribution is 7.80. The van der Waals surface area contributed by atoms with Gasteiger partial charge in [-0.15, -0.1) is 0 Å². The number of ether oxygens (including phenoxy) is 1. The van der Waals surface area contributed by atoms with Crippen molar-refractivity contribution in [1.82, 2.24) is 19.9 Å². The first kappa shape index (κ1) is 22.9. The fourth-order valence-corrected chi connectivity index (χ4v) is 5.21. The molecule has 182 valence electrons. The molecule has 6 rings (SSSR count). The van der Waals surface area contributed by atoms with E-state index in [0.717, 1.165) is 40.0 Å². The van der Waals surface area contributed by atoms with E-state index < -0.39 is 0 Å². The summed E-state index contributed by atoms with van der Waals surface area (Å²) in [5, 5.41) is 4.19. The lowest BCUT2D eigenvalue weighted by molar-refractivity contribution is 0.482. The maximum atomic E-state index is 6.02. The van der Waals surface area contributed by atoms with Crippen molar-refractivity contribution in [2.24, 2.45) is 0 Å². The van der Waals surface area contributed by atoms with Gasteiger partial charge in [0.15, 0.2) is 5.11 Å². The number of thiocarbonyl (C=S) groups is 1. The molecule has 0 spiro atoms. The van der Waals surface area contributed by atoms with Gasteiger partial charge in [0.25, 0.3) is 0 Å². The smallest absolute Gasteiger partial charge is 0.174 e. The minimum absolute atomic E-state index is 0.140. The molecule has 1 N–H and O–H groups in total. The number of anilines is 1. The van der Waals surface area contributed by atoms with Crippen molar-refractivity contribution < 1.29 is 4.74 Å². The highest BCUT2D eigenvalue weighted by atomic mass is 32.1. The molecule has 1 aliphatic heterocycles. The van der Waals surface area contributed by atoms with Gasteiger partial charge in [-0.05, 0) is 91.9 Å². The van der Waals surface area contributed by atoms with E-state index in [9.17, 15) is 0 Å². The molecule has 3 aromatic heterocycles. The van der Waals surface area contributed by atoms with Crippen molar-refractivity contribution in [1.29, 1.82) is 0 Å². The lowest BCUT2D eigenvalue weighted by Gasteiger charge is -2.29. The Morgan fingerprint density at radius 2 is 1.57 bits per heavy atom. The third-order valence-electron chi connectivity index (χ3n) is 6.51. The third kappa shape index (κ3) is 4.45. The standard InChI is InChI=1S/C30H25N5OS/c1-21-12-17-27(34(21)23-8-7-18-31-20-23)29-28(26-11-5-6-19-32-26)33-30(37)35(29)22-13-15-25(16-14-22)36-24-9-3-2-4-10-24/h2-20,28-29H,1H3,(H,33,37). The van der Waals surface area contributed by atoms with Crippen molar-refractivity contribution >= 4 is 23.0 Å². The summed E-state index contributed by atoms with van der Waals surface area (Å²) < 4.78 is 8.26. The number of nitrogens with one attached hydrogen (secondary N) is 1. The second-order valence-corrected chi connectivity index (χ2v) is 9.24. The van der Waals surface area contributed by atoms with Gasteiger partial charge in [0.2, 0.25) is 0 Å². The third-order valence-corrected chi connectivity index (χ3v) is 6.82. The SMILES string of the molecule is Cc1ccc(C2C(c3ccccn3)NC(=S)N2c2ccc(Oc3ccccc3)cc2)n1-c1cccnc1. The van der Waals surface area contributed by atoms with E-state index in [1.54, 1.807) is 6.20 Å². The summed E-state index contributed by atoms with van der Waals surface area (Å²) >= 11 is 5.92. The first-order valence-corrected chi connectivity index (χ1v) is 12.5. The first-order chi connectivity index (χ1) is 18.2. The molecule has 5 aromatic rings. The van der Waals surface area contributed by atoms with Crippen LogP contribution in [0.1, 0.15) is 29.2 Å². The Kier molecular flexibility index (Phi) is 6.12. The molecule has 2 atom stereocenters. The maximum Gasteiger partial charge on any atom is 0.174 e. The Balaban J connectivity index is 1.42. The summed E-state index contributed by atoms with van der Waals surface area (Å²) in [6.07, 6.45) is 5.49. The number of pyridine rings is 2. The first-order valence-electron chi connectivity index (χ1n) is 12.1. The largest absolute Gasteiger partial charge is 0.457 e. The van der Waals surface area contributed by atoms with Gasteiger partial charge in [0.05, 0.1) is 23.6 Å². The highest BCUT2D eigenvalue weighted by Crippen LogP contribution is 2.43. The van der Waals surface area contributed by atoms with Crippen LogP contribution < -0.4 is 15.0 Å². The Labute approximate surface area is 221 Å². The van der Waals surface area contributed by atoms with Gasteiger partial charge in [-0.3, -0.25) is 9.97 Å². The lowest BCUT2D eigenvalue weighted by Crippen LogP contribution is -2.30. The molecule has 1 fully saturated rings. The van der Waals surface area contributed by atoms with E-state index in [-0.39, 0.29) is 12.1 Å². The van der Waals surface area contributed by atoms with Crippen LogP contribution in [0.4, 0.5) is 5.69 Å². The number of rotatable bonds is 6. The number of nitrogens with zero attached hydrogens (tertiary/aromatic N) is 4. The summed E-state index contributed by atoms with van der Waals surface area (Å²) in [7, 11) is 0. The van der Waals surface area contributed by atoms with Gasteiger partial charge >= 0.3 is 0 Å². The second kappa shape index (κ2) is 9.87. The van der Waals surface area contributed by atoms with Crippen LogP contribution >= 0.6 is 12.2 Å². The number of aryl methyl sites for hydroxylation is 1. The monoisotopic (exact) mass is 503 g/mol. The molecule has 0 saturated carbocycles. The summed E-state index contributed by atoms with van der Waals surface area (Å²) in [4.78, 5) is 11.2. The second-order valence-electron chi connectivity index (χ2n) is 8.85. The zero-order chi connectivity index (χ0) is 25.2. The fraction of sp³-hybridized carbons (Fsp3) is 0.100. The number of para-hydroxylation sites is 1. The fourth-order valence-electron chi connectivity index (χ4n) is 4.86. The van der Waals surface area contributed by atoms with Crippen molar-refractivity contribution in [3.63, 3.8) is 0 Å². The predicted octanol–water partition coefficient (Wildman–Crippen LogP) is 6.55. The number of aromatic nitrogens is 3. The molecule has 37 heavy (non-hydrogen) atoms. The number of hydrogen-bond acceptors (Lipinski definition) is 4. The summed E-state index contributed by atoms with van der Waals surface area (Å²) in [5.41, 5.74) is 5.12. The molecule has 1 aliphatic rings. The molecular weight excluding hydrogens is 478 g/mol. The van der Waals surface area contributed by atoms with Gasteiger partial charge in [-0.2, -0.15) is 0 Å². The minimum atomic E-state index is -0.141. The van der Waals surface area contributed by atoms with Crippen molar-refractivity contribution in [2.45, 2.75) is 19.0 Å². The maximum absolute atomic E-state index is 6.02. The molecular formula is C30H25N5OS. The van der Waals surface area contributed by atoms with E-state index in [0.29, 0.717) is 5.11 Å². The van der Waals surface area contributed by atoms with E-state index in [1.165, 1.54) is 0 Å². The summed E-state index contributed by atoms with van der Waals surface area (Å²) in [6, 6.07) is 31.8. The van der Waals surface area contributed by atoms with Crippen LogP contribution in [0.2, 0.25) is 0 Å². The Morgan fingerprint density at radius 1 is 0.784 bits per heavy atom. The van der Waals surface area contributed by atoms with Crippen LogP contribution in [0.15, 0.2) is 116 Å². The van der Waals surface area contributed by atoms with Crippen molar-refractivity contribution in [3.05, 3.63) is 133 Å². The van der Waals surface area contributed by atoms with Gasteiger partial charge in [-0.25, -0.2) is 0 Å². The van der Waals surface area contributed by atoms with E-state index in [4.69, 9.17) is 17.0 Å². The molecule has 0 bridgehead atoms. The highest BCUT2D eigenvalue weighted by Gasteiger charge is 2.42. The van der Waals surface area contributed by atoms with Crippen molar-refractivity contribution in [2.75, 3.05) is 4.90 Å². The molecule has 0 radical (unpaired) electrons. The molecule has 0 amide bonds. The van der Waals surface area contributed by atoms with Crippen LogP contribution in [-0.4, -0.2) is 19.6 Å². The Morgan fingerprint density at radius 3 is 2.30 bits per heavy atom. The topological polar surface area (TPSA) is 55.2 Å². The van der Waals surface area contributed by atoms with Crippen molar-refractivity contribution in [3.8, 4) is 17.2 Å². The van der Waals surface area contributed by atoms with Crippen LogP contribution in [0.3, 0.4) is 0 Å². The lowest BCUT2D eigenvalue weighted by atomic mass is 10.0. The zero-order valence-corrected chi connectivity index (χ0v) is 21.0. The summed E-state index contributed by atoms with van der Waals surface area (Å²) in [6.45, 7) is 2.10. The predicted molar refractivity (Wildman–Crippen MR) is 149 cm³/mol. The van der Waals surface area contributed by atoms with Gasteiger partial charge in [-0.1, -0.05) is 24.3 Å². The Bertz CT molecular complexity index is 1500. The van der Waals surface area contributed by atoms with Crippen LogP contribution in [0.5, 0.6) is 11.5 Å². The molecule has 2 aromatic carbocycles. The van der Waals surface area contributed by atoms with E-state index in [2.05, 4.69) is 49.9 Å². The molecule has 0 aliphatic carbocycles. The molecule has 7 heteroatoms. The quantitative estimate of drug-likeness (QED) is 0.265. The van der Waals surface area contributed by atoms with E-state index >= 15 is 0 Å². The minimum Gasteiger partial charge on any atom is -0.457 e. The molecule has 4 heterocycles. The molecule has 6 nitrogen and oxygen atoms in total. The van der Waals surface area contributed by atoms with Crippen LogP contribution in [0, 0.1) is 6.92 Å². The van der Waals surface area contributed by atoms with Gasteiger partial charge < -0.3 is 19.5 Å². The van der Waals surface area contributed by atoms with Gasteiger partial charge in [0, 0.05) is 29.5 Å². The van der Waals surface area contributed by atoms with E-state index in [1.807, 2.05) is 91.3 Å². The normalized spacial score (nSPS) is 17.0. The number of hydrogen-bond donors (Lipinski definition) is 1. The van der Waals surface area contributed by atoms with Gasteiger partial charge in [0.1, 0.15) is 17.5 Å². The Hall–Kier alpha value is -4.49. The average Bonchev–Trinajstić information content (AvgIpc) is 3.50. The summed E-state index contributed by atoms with van der Waals surface area (Å²) in [5.74, 6) is 1.56. The number of benzene rings is 2. The molecule has 2 unspecified atom stereocenters. The zero-order valence-electron chi connectivity index (χ0n) is 20.2.